The summed E-state index contributed by atoms with van der Waals surface area (Å²) in [6.45, 7) is 0. The Morgan fingerprint density at radius 3 is 2.42 bits per heavy atom. The summed E-state index contributed by atoms with van der Waals surface area (Å²) in [5, 5.41) is 2.73. The lowest BCUT2D eigenvalue weighted by Crippen LogP contribution is -2.41. The molecule has 2 rings (SSSR count). The quantitative estimate of drug-likeness (QED) is 0.692. The van der Waals surface area contributed by atoms with Crippen LogP contribution in [0, 0.1) is 9.49 Å². The van der Waals surface area contributed by atoms with Crippen molar-refractivity contribution in [3.63, 3.8) is 0 Å². The summed E-state index contributed by atoms with van der Waals surface area (Å²) in [5.41, 5.74) is 0.363. The van der Waals surface area contributed by atoms with Gasteiger partial charge in [-0.3, -0.25) is 4.79 Å². The van der Waals surface area contributed by atoms with Gasteiger partial charge < -0.3 is 14.8 Å². The van der Waals surface area contributed by atoms with Crippen molar-refractivity contribution in [2.24, 2.45) is 5.92 Å². The first kappa shape index (κ1) is 19.1. The molecule has 1 fully saturated rings. The average Bonchev–Trinajstić information content (AvgIpc) is 2.53. The number of nitrogens with one attached hydrogen (secondary N) is 1. The highest BCUT2D eigenvalue weighted by Gasteiger charge is 2.42. The summed E-state index contributed by atoms with van der Waals surface area (Å²) in [4.78, 5) is 12.5. The zero-order valence-electron chi connectivity index (χ0n) is 13.4. The molecule has 1 saturated carbocycles. The molecule has 134 valence electrons. The van der Waals surface area contributed by atoms with Gasteiger partial charge in [-0.1, -0.05) is 6.42 Å². The van der Waals surface area contributed by atoms with E-state index in [1.165, 1.54) is 14.2 Å². The third kappa shape index (κ3) is 4.46. The van der Waals surface area contributed by atoms with E-state index in [9.17, 15) is 18.0 Å². The van der Waals surface area contributed by atoms with Crippen molar-refractivity contribution in [3.05, 3.63) is 21.3 Å². The average molecular weight is 457 g/mol. The summed E-state index contributed by atoms with van der Waals surface area (Å²) in [5.74, 6) is -0.845. The van der Waals surface area contributed by atoms with Crippen LogP contribution >= 0.6 is 22.6 Å². The van der Waals surface area contributed by atoms with Crippen LogP contribution in [0.5, 0.6) is 11.5 Å². The fraction of sp³-hybridized carbons (Fsp3) is 0.562. The molecule has 1 aliphatic carbocycles. The standard InChI is InChI=1S/C16H19F3INO3/c1-23-13-7-11(12(20)8-14(13)24-2)15(22)21-10-5-3-4-9(6-10)16(17,18)19/h7-10H,3-6H2,1-2H3,(H,21,22). The Bertz CT molecular complexity index is 607. The topological polar surface area (TPSA) is 47.6 Å². The summed E-state index contributed by atoms with van der Waals surface area (Å²) < 4.78 is 49.6. The van der Waals surface area contributed by atoms with Crippen LogP contribution in [0.25, 0.3) is 0 Å². The van der Waals surface area contributed by atoms with Gasteiger partial charge in [0.1, 0.15) is 0 Å². The van der Waals surface area contributed by atoms with Gasteiger partial charge in [-0.15, -0.1) is 0 Å². The molecule has 2 unspecified atom stereocenters. The van der Waals surface area contributed by atoms with E-state index < -0.39 is 24.0 Å². The van der Waals surface area contributed by atoms with E-state index in [4.69, 9.17) is 9.47 Å². The van der Waals surface area contributed by atoms with Gasteiger partial charge in [0.05, 0.1) is 25.7 Å². The largest absolute Gasteiger partial charge is 0.493 e. The van der Waals surface area contributed by atoms with Crippen molar-refractivity contribution >= 4 is 28.5 Å². The second-order valence-electron chi connectivity index (χ2n) is 5.76. The maximum Gasteiger partial charge on any atom is 0.391 e. The minimum absolute atomic E-state index is 0.0703. The summed E-state index contributed by atoms with van der Waals surface area (Å²) >= 11 is 1.99. The number of rotatable bonds is 4. The predicted molar refractivity (Wildman–Crippen MR) is 91.5 cm³/mol. The van der Waals surface area contributed by atoms with Crippen LogP contribution < -0.4 is 14.8 Å². The van der Waals surface area contributed by atoms with Crippen LogP contribution in [-0.2, 0) is 0 Å². The number of alkyl halides is 3. The number of benzene rings is 1. The molecule has 1 aromatic carbocycles. The van der Waals surface area contributed by atoms with Gasteiger partial charge in [-0.2, -0.15) is 13.2 Å². The third-order valence-corrected chi connectivity index (χ3v) is 5.08. The Hall–Kier alpha value is -1.19. The molecule has 24 heavy (non-hydrogen) atoms. The molecule has 0 spiro atoms. The SMILES string of the molecule is COc1cc(I)c(C(=O)NC2CCCC(C(F)(F)F)C2)cc1OC. The van der Waals surface area contributed by atoms with Gasteiger partial charge in [0.15, 0.2) is 11.5 Å². The second kappa shape index (κ2) is 7.79. The number of hydrogen-bond acceptors (Lipinski definition) is 3. The van der Waals surface area contributed by atoms with Gasteiger partial charge in [-0.25, -0.2) is 0 Å². The van der Waals surface area contributed by atoms with E-state index in [1.54, 1.807) is 12.1 Å². The lowest BCUT2D eigenvalue weighted by molar-refractivity contribution is -0.183. The van der Waals surface area contributed by atoms with Crippen molar-refractivity contribution in [2.45, 2.75) is 37.9 Å². The zero-order valence-corrected chi connectivity index (χ0v) is 15.5. The van der Waals surface area contributed by atoms with Crippen LogP contribution in [0.2, 0.25) is 0 Å². The Morgan fingerprint density at radius 1 is 1.21 bits per heavy atom. The van der Waals surface area contributed by atoms with Crippen LogP contribution in [0.15, 0.2) is 12.1 Å². The van der Waals surface area contributed by atoms with E-state index in [0.29, 0.717) is 33.5 Å². The third-order valence-electron chi connectivity index (χ3n) is 4.19. The van der Waals surface area contributed by atoms with E-state index in [-0.39, 0.29) is 12.8 Å². The zero-order chi connectivity index (χ0) is 17.9. The number of ether oxygens (including phenoxy) is 2. The maximum absolute atomic E-state index is 12.9. The van der Waals surface area contributed by atoms with Crippen molar-refractivity contribution in [1.82, 2.24) is 5.32 Å². The summed E-state index contributed by atoms with van der Waals surface area (Å²) in [7, 11) is 2.95. The first-order valence-electron chi connectivity index (χ1n) is 7.55. The minimum atomic E-state index is -4.21. The molecule has 4 nitrogen and oxygen atoms in total. The minimum Gasteiger partial charge on any atom is -0.493 e. The highest BCUT2D eigenvalue weighted by Crippen LogP contribution is 2.38. The molecule has 0 aromatic heterocycles. The number of amides is 1. The Morgan fingerprint density at radius 2 is 1.83 bits per heavy atom. The first-order valence-corrected chi connectivity index (χ1v) is 8.63. The Labute approximate surface area is 152 Å². The van der Waals surface area contributed by atoms with E-state index in [1.807, 2.05) is 22.6 Å². The number of carbonyl (C=O) groups is 1. The van der Waals surface area contributed by atoms with Crippen molar-refractivity contribution in [2.75, 3.05) is 14.2 Å². The molecule has 0 heterocycles. The molecule has 1 amide bonds. The van der Waals surface area contributed by atoms with Crippen molar-refractivity contribution in [1.29, 1.82) is 0 Å². The van der Waals surface area contributed by atoms with Crippen molar-refractivity contribution in [3.8, 4) is 11.5 Å². The first-order chi connectivity index (χ1) is 11.3. The number of halogens is 4. The molecule has 2 atom stereocenters. The summed E-state index contributed by atoms with van der Waals surface area (Å²) in [6, 6.07) is 2.73. The van der Waals surface area contributed by atoms with Gasteiger partial charge in [-0.05, 0) is 54.0 Å². The lowest BCUT2D eigenvalue weighted by atomic mass is 9.85. The number of methoxy groups -OCH3 is 2. The number of carbonyl (C=O) groups excluding carboxylic acids is 1. The molecule has 1 aromatic rings. The van der Waals surface area contributed by atoms with Crippen LogP contribution in [-0.4, -0.2) is 32.3 Å². The Kier molecular flexibility index (Phi) is 6.22. The highest BCUT2D eigenvalue weighted by atomic mass is 127. The van der Waals surface area contributed by atoms with Crippen LogP contribution in [0.1, 0.15) is 36.0 Å². The molecular weight excluding hydrogens is 438 g/mol. The van der Waals surface area contributed by atoms with Crippen LogP contribution in [0.3, 0.4) is 0 Å². The monoisotopic (exact) mass is 457 g/mol. The summed E-state index contributed by atoms with van der Waals surface area (Å²) in [6.07, 6.45) is -3.13. The molecular formula is C16H19F3INO3. The van der Waals surface area contributed by atoms with E-state index in [0.717, 1.165) is 0 Å². The molecule has 0 radical (unpaired) electrons. The second-order valence-corrected chi connectivity index (χ2v) is 6.92. The van der Waals surface area contributed by atoms with Gasteiger partial charge in [0.2, 0.25) is 0 Å². The maximum atomic E-state index is 12.9. The highest BCUT2D eigenvalue weighted by molar-refractivity contribution is 14.1. The van der Waals surface area contributed by atoms with Gasteiger partial charge in [0.25, 0.3) is 5.91 Å². The molecule has 1 aliphatic rings. The molecule has 0 aliphatic heterocycles. The Balaban J connectivity index is 2.12. The van der Waals surface area contributed by atoms with E-state index >= 15 is 0 Å². The molecule has 8 heteroatoms. The smallest absolute Gasteiger partial charge is 0.391 e. The van der Waals surface area contributed by atoms with Crippen molar-refractivity contribution < 1.29 is 27.4 Å². The number of hydrogen-bond donors (Lipinski definition) is 1. The van der Waals surface area contributed by atoms with Gasteiger partial charge in [0, 0.05) is 9.61 Å². The van der Waals surface area contributed by atoms with Crippen LogP contribution in [0.4, 0.5) is 13.2 Å². The van der Waals surface area contributed by atoms with Gasteiger partial charge >= 0.3 is 6.18 Å². The lowest BCUT2D eigenvalue weighted by Gasteiger charge is -2.31. The fourth-order valence-corrected chi connectivity index (χ4v) is 3.59. The van der Waals surface area contributed by atoms with E-state index in [2.05, 4.69) is 5.32 Å². The fourth-order valence-electron chi connectivity index (χ4n) is 2.91. The molecule has 0 bridgehead atoms. The molecule has 1 N–H and O–H groups in total. The normalized spacial score (nSPS) is 21.2. The predicted octanol–water partition coefficient (Wildman–Crippen LogP) is 4.16. The molecule has 0 saturated heterocycles.